The zero-order chi connectivity index (χ0) is 24.7. The molecule has 33 heavy (non-hydrogen) atoms. The van der Waals surface area contributed by atoms with Gasteiger partial charge in [-0.1, -0.05) is 15.8 Å². The van der Waals surface area contributed by atoms with E-state index in [2.05, 4.69) is 9.80 Å². The molecule has 4 aliphatic rings. The Morgan fingerprint density at radius 1 is 0.545 bits per heavy atom. The van der Waals surface area contributed by atoms with Crippen molar-refractivity contribution < 1.29 is 35.1 Å². The van der Waals surface area contributed by atoms with E-state index in [0.29, 0.717) is 26.7 Å². The molecule has 4 bridgehead atoms. The summed E-state index contributed by atoms with van der Waals surface area (Å²) in [7, 11) is 9.17. The first-order chi connectivity index (χ1) is 15.5. The van der Waals surface area contributed by atoms with Crippen LogP contribution in [-0.4, -0.2) is 117 Å². The van der Waals surface area contributed by atoms with Crippen molar-refractivity contribution in [3.63, 3.8) is 0 Å². The summed E-state index contributed by atoms with van der Waals surface area (Å²) in [6.07, 6.45) is 5.55. The molecule has 15 heteroatoms. The first-order valence-corrected chi connectivity index (χ1v) is 18.1. The summed E-state index contributed by atoms with van der Waals surface area (Å²) in [5, 5.41) is 0. The molecule has 4 rings (SSSR count). The fraction of sp³-hybridized carbons (Fsp3) is 0.778. The average molecular weight is 636 g/mol. The molecule has 0 aromatic carbocycles. The Bertz CT molecular complexity index is 604. The maximum absolute atomic E-state index is 11.3. The van der Waals surface area contributed by atoms with Crippen molar-refractivity contribution in [2.24, 2.45) is 0 Å². The molecule has 10 nitrogen and oxygen atoms in total. The second-order valence-corrected chi connectivity index (χ2v) is 15.1. The number of nitrogens with zero attached hydrogens (tertiary/aromatic N) is 6. The molecule has 0 spiro atoms. The predicted molar refractivity (Wildman–Crippen MR) is 128 cm³/mol. The van der Waals surface area contributed by atoms with Gasteiger partial charge in [0.2, 0.25) is 23.6 Å². The number of carbonyl (C=O) groups excluding carboxylic acids is 4. The van der Waals surface area contributed by atoms with Gasteiger partial charge in [0.15, 0.2) is 0 Å². The van der Waals surface area contributed by atoms with Gasteiger partial charge >= 0.3 is 35.0 Å². The van der Waals surface area contributed by atoms with E-state index in [-0.39, 0.29) is 55.4 Å². The van der Waals surface area contributed by atoms with Crippen LogP contribution in [0.2, 0.25) is 0 Å². The molecule has 192 valence electrons. The standard InChI is InChI=1S/2C9H16N3O2P.2ClH.Pd/c2*1-8(13)11-3-10-4-12(9(2)14)7-15(5-10)6-11;;;/h2*3-7H2,1-2H3;2*1H;/q;;;;+2/p-2. The predicted octanol–water partition coefficient (Wildman–Crippen LogP) is 1.94. The fourth-order valence-electron chi connectivity index (χ4n) is 4.01. The molecule has 0 aromatic heterocycles. The van der Waals surface area contributed by atoms with Gasteiger partial charge in [0.05, 0.1) is 26.7 Å². The number of carbonyl (C=O) groups is 4. The van der Waals surface area contributed by atoms with Crippen LogP contribution in [0.3, 0.4) is 0 Å². The Hall–Kier alpha value is -0.0977. The van der Waals surface area contributed by atoms with Gasteiger partial charge in [-0.25, -0.2) is 0 Å². The van der Waals surface area contributed by atoms with Crippen LogP contribution in [0.15, 0.2) is 0 Å². The number of halogens is 2. The zero-order valence-electron chi connectivity index (χ0n) is 19.4. The van der Waals surface area contributed by atoms with E-state index in [1.807, 2.05) is 19.6 Å². The number of amides is 4. The number of rotatable bonds is 0. The summed E-state index contributed by atoms with van der Waals surface area (Å²) in [6, 6.07) is 0. The van der Waals surface area contributed by atoms with Crippen LogP contribution in [0.25, 0.3) is 0 Å². The Labute approximate surface area is 214 Å². The molecule has 0 atom stereocenters. The molecule has 0 unspecified atom stereocenters. The van der Waals surface area contributed by atoms with Crippen LogP contribution in [0.1, 0.15) is 27.7 Å². The zero-order valence-corrected chi connectivity index (χ0v) is 24.2. The van der Waals surface area contributed by atoms with Crippen LogP contribution in [0.4, 0.5) is 0 Å². The quantitative estimate of drug-likeness (QED) is 0.299. The number of hydrogen-bond donors (Lipinski definition) is 0. The van der Waals surface area contributed by atoms with E-state index in [4.69, 9.17) is 19.1 Å². The van der Waals surface area contributed by atoms with Crippen molar-refractivity contribution in [3.8, 4) is 0 Å². The van der Waals surface area contributed by atoms with E-state index in [0.717, 1.165) is 37.7 Å². The Morgan fingerprint density at radius 2 is 0.758 bits per heavy atom. The van der Waals surface area contributed by atoms with Crippen molar-refractivity contribution in [1.82, 2.24) is 29.4 Å². The summed E-state index contributed by atoms with van der Waals surface area (Å²) >= 11 is -0.106. The molecular formula is C18H32Cl2N6O4P2Pd. The van der Waals surface area contributed by atoms with Crippen LogP contribution >= 0.6 is 34.9 Å². The topological polar surface area (TPSA) is 87.7 Å². The third-order valence-electron chi connectivity index (χ3n) is 5.55. The number of fused-ring (bicyclic) bond motifs is 4. The average Bonchev–Trinajstić information content (AvgIpc) is 2.73. The van der Waals surface area contributed by atoms with Crippen molar-refractivity contribution in [2.75, 3.05) is 64.4 Å². The third kappa shape index (κ3) is 9.13. The molecule has 0 N–H and O–H groups in total. The summed E-state index contributed by atoms with van der Waals surface area (Å²) < 4.78 is 0. The monoisotopic (exact) mass is 634 g/mol. The first-order valence-electron chi connectivity index (χ1n) is 10.3. The van der Waals surface area contributed by atoms with Gasteiger partial charge in [-0.3, -0.25) is 29.0 Å². The second kappa shape index (κ2) is 13.8. The van der Waals surface area contributed by atoms with Gasteiger partial charge in [0, 0.05) is 65.4 Å². The van der Waals surface area contributed by atoms with Gasteiger partial charge in [0.1, 0.15) is 0 Å². The van der Waals surface area contributed by atoms with E-state index >= 15 is 0 Å². The minimum absolute atomic E-state index is 0.106. The van der Waals surface area contributed by atoms with Crippen molar-refractivity contribution in [3.05, 3.63) is 0 Å². The fourth-order valence-corrected chi connectivity index (χ4v) is 9.12. The molecule has 0 aliphatic carbocycles. The van der Waals surface area contributed by atoms with Gasteiger partial charge in [-0.2, -0.15) is 0 Å². The molecule has 4 aliphatic heterocycles. The van der Waals surface area contributed by atoms with Gasteiger partial charge in [-0.15, -0.1) is 0 Å². The van der Waals surface area contributed by atoms with Crippen molar-refractivity contribution in [1.29, 1.82) is 0 Å². The third-order valence-corrected chi connectivity index (χ3v) is 10.1. The van der Waals surface area contributed by atoms with Crippen molar-refractivity contribution >= 4 is 58.5 Å². The van der Waals surface area contributed by atoms with E-state index in [1.54, 1.807) is 27.7 Å². The van der Waals surface area contributed by atoms with Crippen LogP contribution in [0, 0.1) is 0 Å². The van der Waals surface area contributed by atoms with Crippen LogP contribution in [0.5, 0.6) is 0 Å². The molecule has 0 radical (unpaired) electrons. The molecular weight excluding hydrogens is 604 g/mol. The Morgan fingerprint density at radius 3 is 0.909 bits per heavy atom. The molecule has 4 amide bonds. The molecule has 4 fully saturated rings. The van der Waals surface area contributed by atoms with Crippen molar-refractivity contribution in [2.45, 2.75) is 27.7 Å². The number of hydrogen-bond acceptors (Lipinski definition) is 6. The summed E-state index contributed by atoms with van der Waals surface area (Å²) in [6.45, 7) is 9.16. The first kappa shape index (κ1) is 29.1. The van der Waals surface area contributed by atoms with Crippen LogP contribution < -0.4 is 0 Å². The minimum atomic E-state index is -0.229. The molecule has 0 saturated carbocycles. The van der Waals surface area contributed by atoms with Gasteiger partial charge in [0.25, 0.3) is 0 Å². The summed E-state index contributed by atoms with van der Waals surface area (Å²) in [5.41, 5.74) is 0. The summed E-state index contributed by atoms with van der Waals surface area (Å²) in [5.74, 6) is 0.568. The van der Waals surface area contributed by atoms with Gasteiger partial charge < -0.3 is 19.6 Å². The molecule has 4 saturated heterocycles. The summed E-state index contributed by atoms with van der Waals surface area (Å²) in [4.78, 5) is 57.0. The normalized spacial score (nSPS) is 28.2. The Balaban J connectivity index is 0.000000209. The SMILES string of the molecule is CC(=O)N1CN2CN(C(C)=O)CP(C2)C1.CC(=O)N1CN2CN(C(C)=O)CP(C2)C1.[Cl][Pd][Cl]. The maximum atomic E-state index is 11.3. The molecule has 0 aromatic rings. The van der Waals surface area contributed by atoms with E-state index in [9.17, 15) is 19.2 Å². The van der Waals surface area contributed by atoms with Gasteiger partial charge in [-0.05, 0) is 0 Å². The van der Waals surface area contributed by atoms with E-state index < -0.39 is 0 Å². The van der Waals surface area contributed by atoms with Crippen LogP contribution in [-0.2, 0) is 35.1 Å². The van der Waals surface area contributed by atoms with E-state index in [1.165, 1.54) is 0 Å². The Kier molecular flexibility index (Phi) is 12.2. The molecule has 4 heterocycles. The second-order valence-electron chi connectivity index (χ2n) is 8.38.